The number of hydrogen-bond donors (Lipinski definition) is 2. The summed E-state index contributed by atoms with van der Waals surface area (Å²) in [6.07, 6.45) is 2.91. The van der Waals surface area contributed by atoms with Crippen LogP contribution in [0.1, 0.15) is 24.0 Å². The van der Waals surface area contributed by atoms with Gasteiger partial charge in [0.05, 0.1) is 6.04 Å². The topological polar surface area (TPSA) is 52.6 Å². The zero-order valence-corrected chi connectivity index (χ0v) is 10.4. The molecule has 96 valence electrons. The number of carbonyl (C=O) groups is 1. The Morgan fingerprint density at radius 1 is 1.39 bits per heavy atom. The molecule has 4 heteroatoms. The van der Waals surface area contributed by atoms with Gasteiger partial charge in [0.1, 0.15) is 5.75 Å². The van der Waals surface area contributed by atoms with Crippen LogP contribution < -0.4 is 5.32 Å². The fourth-order valence-corrected chi connectivity index (χ4v) is 2.85. The third kappa shape index (κ3) is 2.08. The van der Waals surface area contributed by atoms with Gasteiger partial charge in [-0.1, -0.05) is 6.07 Å². The molecular weight excluding hydrogens is 228 g/mol. The average Bonchev–Trinajstić information content (AvgIpc) is 2.90. The Morgan fingerprint density at radius 2 is 2.28 bits per heavy atom. The quantitative estimate of drug-likeness (QED) is 0.778. The standard InChI is InChI=1S/C14H18N2O2/c17-12-4-3-10-5-7-16(9-11(10)8-12)14(18)13-2-1-6-15-13/h3-4,8,13,15,17H,1-2,5-7,9H2/t13-/m0/s1. The second-order valence-corrected chi connectivity index (χ2v) is 5.11. The highest BCUT2D eigenvalue weighted by Gasteiger charge is 2.29. The van der Waals surface area contributed by atoms with Crippen molar-refractivity contribution in [3.63, 3.8) is 0 Å². The van der Waals surface area contributed by atoms with Crippen LogP contribution in [-0.4, -0.2) is 35.0 Å². The highest BCUT2D eigenvalue weighted by atomic mass is 16.3. The van der Waals surface area contributed by atoms with Crippen LogP contribution in [0.3, 0.4) is 0 Å². The van der Waals surface area contributed by atoms with Crippen molar-refractivity contribution in [3.8, 4) is 5.75 Å². The Balaban J connectivity index is 1.75. The van der Waals surface area contributed by atoms with Crippen molar-refractivity contribution in [3.05, 3.63) is 29.3 Å². The zero-order chi connectivity index (χ0) is 12.5. The molecule has 0 aliphatic carbocycles. The van der Waals surface area contributed by atoms with E-state index in [-0.39, 0.29) is 17.7 Å². The maximum atomic E-state index is 12.3. The smallest absolute Gasteiger partial charge is 0.240 e. The van der Waals surface area contributed by atoms with Gasteiger partial charge in [0.2, 0.25) is 5.91 Å². The number of nitrogens with one attached hydrogen (secondary N) is 1. The molecule has 18 heavy (non-hydrogen) atoms. The van der Waals surface area contributed by atoms with Crippen LogP contribution in [0.15, 0.2) is 18.2 Å². The number of amides is 1. The first kappa shape index (κ1) is 11.5. The fraction of sp³-hybridized carbons (Fsp3) is 0.500. The molecule has 0 bridgehead atoms. The van der Waals surface area contributed by atoms with Gasteiger partial charge in [-0.05, 0) is 49.1 Å². The predicted octanol–water partition coefficient (Wildman–Crippen LogP) is 1.03. The summed E-state index contributed by atoms with van der Waals surface area (Å²) in [6, 6.07) is 5.45. The van der Waals surface area contributed by atoms with Crippen LogP contribution in [0.4, 0.5) is 0 Å². The molecule has 1 amide bonds. The molecule has 1 fully saturated rings. The van der Waals surface area contributed by atoms with E-state index in [0.29, 0.717) is 6.54 Å². The number of hydrogen-bond acceptors (Lipinski definition) is 3. The van der Waals surface area contributed by atoms with E-state index in [4.69, 9.17) is 0 Å². The number of carbonyl (C=O) groups excluding carboxylic acids is 1. The molecule has 2 aliphatic heterocycles. The third-order valence-corrected chi connectivity index (χ3v) is 3.87. The second-order valence-electron chi connectivity index (χ2n) is 5.11. The number of aromatic hydroxyl groups is 1. The number of nitrogens with zero attached hydrogens (tertiary/aromatic N) is 1. The van der Waals surface area contributed by atoms with Crippen LogP contribution in [0.5, 0.6) is 5.75 Å². The second kappa shape index (κ2) is 4.61. The molecule has 1 atom stereocenters. The van der Waals surface area contributed by atoms with Crippen molar-refractivity contribution < 1.29 is 9.90 Å². The third-order valence-electron chi connectivity index (χ3n) is 3.87. The zero-order valence-electron chi connectivity index (χ0n) is 10.4. The molecule has 2 aliphatic rings. The van der Waals surface area contributed by atoms with Crippen molar-refractivity contribution in [1.82, 2.24) is 10.2 Å². The molecule has 4 nitrogen and oxygen atoms in total. The first-order chi connectivity index (χ1) is 8.74. The van der Waals surface area contributed by atoms with Gasteiger partial charge in [0.15, 0.2) is 0 Å². The van der Waals surface area contributed by atoms with Crippen molar-refractivity contribution in [1.29, 1.82) is 0 Å². The summed E-state index contributed by atoms with van der Waals surface area (Å²) < 4.78 is 0. The molecule has 0 aromatic heterocycles. The van der Waals surface area contributed by atoms with Gasteiger partial charge in [-0.25, -0.2) is 0 Å². The Labute approximate surface area is 107 Å². The lowest BCUT2D eigenvalue weighted by atomic mass is 9.99. The van der Waals surface area contributed by atoms with Crippen LogP contribution in [0.25, 0.3) is 0 Å². The van der Waals surface area contributed by atoms with Gasteiger partial charge < -0.3 is 15.3 Å². The summed E-state index contributed by atoms with van der Waals surface area (Å²) in [4.78, 5) is 14.2. The Kier molecular flexibility index (Phi) is 2.96. The van der Waals surface area contributed by atoms with Gasteiger partial charge in [0.25, 0.3) is 0 Å². The number of phenolic OH excluding ortho intramolecular Hbond substituents is 1. The minimum Gasteiger partial charge on any atom is -0.508 e. The monoisotopic (exact) mass is 246 g/mol. The van der Waals surface area contributed by atoms with Gasteiger partial charge >= 0.3 is 0 Å². The van der Waals surface area contributed by atoms with E-state index in [2.05, 4.69) is 5.32 Å². The Bertz CT molecular complexity index is 467. The lowest BCUT2D eigenvalue weighted by molar-refractivity contribution is -0.134. The van der Waals surface area contributed by atoms with E-state index in [9.17, 15) is 9.90 Å². The van der Waals surface area contributed by atoms with Gasteiger partial charge in [-0.2, -0.15) is 0 Å². The fourth-order valence-electron chi connectivity index (χ4n) is 2.85. The normalized spacial score (nSPS) is 22.9. The van der Waals surface area contributed by atoms with Crippen molar-refractivity contribution >= 4 is 5.91 Å². The van der Waals surface area contributed by atoms with Crippen molar-refractivity contribution in [2.24, 2.45) is 0 Å². The summed E-state index contributed by atoms with van der Waals surface area (Å²) >= 11 is 0. The molecular formula is C14H18N2O2. The SMILES string of the molecule is O=C([C@@H]1CCCN1)N1CCc2ccc(O)cc2C1. The first-order valence-electron chi connectivity index (χ1n) is 6.57. The first-order valence-corrected chi connectivity index (χ1v) is 6.57. The molecule has 3 rings (SSSR count). The van der Waals surface area contributed by atoms with Crippen molar-refractivity contribution in [2.45, 2.75) is 31.8 Å². The highest BCUT2D eigenvalue weighted by Crippen LogP contribution is 2.24. The molecule has 0 saturated carbocycles. The van der Waals surface area contributed by atoms with E-state index in [1.54, 1.807) is 12.1 Å². The maximum Gasteiger partial charge on any atom is 0.240 e. The summed E-state index contributed by atoms with van der Waals surface area (Å²) in [5, 5.41) is 12.8. The number of benzene rings is 1. The number of fused-ring (bicyclic) bond motifs is 1. The molecule has 1 aromatic carbocycles. The summed E-state index contributed by atoms with van der Waals surface area (Å²) in [6.45, 7) is 2.36. The molecule has 2 N–H and O–H groups in total. The van der Waals surface area contributed by atoms with E-state index in [1.807, 2.05) is 11.0 Å². The highest BCUT2D eigenvalue weighted by molar-refractivity contribution is 5.82. The van der Waals surface area contributed by atoms with E-state index >= 15 is 0 Å². The Morgan fingerprint density at radius 3 is 3.06 bits per heavy atom. The lowest BCUT2D eigenvalue weighted by Crippen LogP contribution is -2.45. The summed E-state index contributed by atoms with van der Waals surface area (Å²) in [7, 11) is 0. The molecule has 0 spiro atoms. The van der Waals surface area contributed by atoms with Gasteiger partial charge in [-0.3, -0.25) is 4.79 Å². The van der Waals surface area contributed by atoms with Gasteiger partial charge in [0, 0.05) is 13.1 Å². The molecule has 0 radical (unpaired) electrons. The van der Waals surface area contributed by atoms with Crippen molar-refractivity contribution in [2.75, 3.05) is 13.1 Å². The van der Waals surface area contributed by atoms with E-state index < -0.39 is 0 Å². The molecule has 2 heterocycles. The van der Waals surface area contributed by atoms with E-state index in [1.165, 1.54) is 5.56 Å². The maximum absolute atomic E-state index is 12.3. The summed E-state index contributed by atoms with van der Waals surface area (Å²) in [5.74, 6) is 0.489. The lowest BCUT2D eigenvalue weighted by Gasteiger charge is -2.31. The molecule has 0 unspecified atom stereocenters. The van der Waals surface area contributed by atoms with E-state index in [0.717, 1.165) is 37.9 Å². The molecule has 1 saturated heterocycles. The van der Waals surface area contributed by atoms with Crippen LogP contribution in [-0.2, 0) is 17.8 Å². The minimum absolute atomic E-state index is 0.00357. The largest absolute Gasteiger partial charge is 0.508 e. The predicted molar refractivity (Wildman–Crippen MR) is 68.3 cm³/mol. The average molecular weight is 246 g/mol. The van der Waals surface area contributed by atoms with Gasteiger partial charge in [-0.15, -0.1) is 0 Å². The van der Waals surface area contributed by atoms with Crippen LogP contribution in [0.2, 0.25) is 0 Å². The number of phenols is 1. The number of rotatable bonds is 1. The minimum atomic E-state index is 0.00357. The summed E-state index contributed by atoms with van der Waals surface area (Å²) in [5.41, 5.74) is 2.32. The molecule has 1 aromatic rings. The van der Waals surface area contributed by atoms with Crippen LogP contribution >= 0.6 is 0 Å². The Hall–Kier alpha value is -1.55. The van der Waals surface area contributed by atoms with Crippen LogP contribution in [0, 0.1) is 0 Å².